The van der Waals surface area contributed by atoms with Crippen molar-refractivity contribution in [2.45, 2.75) is 20.4 Å². The van der Waals surface area contributed by atoms with Crippen LogP contribution in [0.2, 0.25) is 10.0 Å². The maximum atomic E-state index is 13.2. The van der Waals surface area contributed by atoms with E-state index in [4.69, 9.17) is 40.2 Å². The molecule has 0 radical (unpaired) electrons. The highest BCUT2D eigenvalue weighted by Gasteiger charge is 2.36. The van der Waals surface area contributed by atoms with E-state index in [0.717, 1.165) is 17.0 Å². The summed E-state index contributed by atoms with van der Waals surface area (Å²) in [5.74, 6) is -1.12. The smallest absolute Gasteiger partial charge is 0.270 e. The van der Waals surface area contributed by atoms with Crippen molar-refractivity contribution >= 4 is 64.1 Å². The molecule has 0 spiro atoms. The number of nitrogens with one attached hydrogen (secondary N) is 1. The molecular formula is C20H19Cl2N3O3S. The van der Waals surface area contributed by atoms with E-state index < -0.39 is 11.8 Å². The van der Waals surface area contributed by atoms with Gasteiger partial charge in [-0.2, -0.15) is 0 Å². The standard InChI is InChI=1S/C20H19Cl2N3O3S/c1-11-9-13(12(2)24(11)7-8-28-3)10-14-18(26)23-20(29)25(19(14)27)16-6-4-5-15(21)17(16)22/h4-6,9-10H,7-8H2,1-3H3,(H,23,26,29)/b14-10-. The summed E-state index contributed by atoms with van der Waals surface area (Å²) in [6.07, 6.45) is 1.57. The van der Waals surface area contributed by atoms with Gasteiger partial charge in [-0.05, 0) is 55.9 Å². The van der Waals surface area contributed by atoms with Crippen molar-refractivity contribution < 1.29 is 14.3 Å². The van der Waals surface area contributed by atoms with Crippen LogP contribution in [0.4, 0.5) is 5.69 Å². The number of hydrogen-bond donors (Lipinski definition) is 1. The van der Waals surface area contributed by atoms with Gasteiger partial charge >= 0.3 is 0 Å². The maximum absolute atomic E-state index is 13.2. The number of carbonyl (C=O) groups excluding carboxylic acids is 2. The second kappa shape index (κ2) is 8.67. The van der Waals surface area contributed by atoms with Gasteiger partial charge < -0.3 is 9.30 Å². The Hall–Kier alpha value is -2.19. The summed E-state index contributed by atoms with van der Waals surface area (Å²) in [7, 11) is 1.64. The van der Waals surface area contributed by atoms with E-state index >= 15 is 0 Å². The molecule has 3 rings (SSSR count). The van der Waals surface area contributed by atoms with E-state index in [1.165, 1.54) is 4.90 Å². The van der Waals surface area contributed by atoms with Crippen molar-refractivity contribution in [1.29, 1.82) is 0 Å². The fourth-order valence-electron chi connectivity index (χ4n) is 3.20. The van der Waals surface area contributed by atoms with E-state index in [2.05, 4.69) is 9.88 Å². The van der Waals surface area contributed by atoms with Gasteiger partial charge in [0.05, 0.1) is 22.3 Å². The largest absolute Gasteiger partial charge is 0.383 e. The minimum Gasteiger partial charge on any atom is -0.383 e. The Morgan fingerprint density at radius 3 is 2.66 bits per heavy atom. The molecule has 2 aromatic rings. The molecule has 0 aliphatic carbocycles. The zero-order chi connectivity index (χ0) is 21.3. The number of carbonyl (C=O) groups is 2. The molecule has 1 aromatic carbocycles. The topological polar surface area (TPSA) is 63.6 Å². The molecule has 1 aromatic heterocycles. The van der Waals surface area contributed by atoms with Crippen molar-refractivity contribution in [2.75, 3.05) is 18.6 Å². The SMILES string of the molecule is COCCn1c(C)cc(/C=C2/C(=O)NC(=S)N(c3cccc(Cl)c3Cl)C2=O)c1C. The first-order valence-electron chi connectivity index (χ1n) is 8.77. The lowest BCUT2D eigenvalue weighted by molar-refractivity contribution is -0.122. The van der Waals surface area contributed by atoms with Gasteiger partial charge in [0.1, 0.15) is 5.57 Å². The number of thiocarbonyl (C=S) groups is 1. The van der Waals surface area contributed by atoms with Crippen LogP contribution in [0, 0.1) is 13.8 Å². The number of aromatic nitrogens is 1. The van der Waals surface area contributed by atoms with Crippen LogP contribution in [0.5, 0.6) is 0 Å². The molecule has 0 bridgehead atoms. The average molecular weight is 452 g/mol. The zero-order valence-electron chi connectivity index (χ0n) is 16.1. The van der Waals surface area contributed by atoms with E-state index in [9.17, 15) is 9.59 Å². The van der Waals surface area contributed by atoms with Crippen LogP contribution in [0.25, 0.3) is 6.08 Å². The lowest BCUT2D eigenvalue weighted by atomic mass is 10.1. The number of hydrogen-bond acceptors (Lipinski definition) is 4. The van der Waals surface area contributed by atoms with Gasteiger partial charge in [0, 0.05) is 25.0 Å². The van der Waals surface area contributed by atoms with Crippen LogP contribution < -0.4 is 10.2 Å². The molecule has 0 unspecified atom stereocenters. The Labute approximate surface area is 184 Å². The van der Waals surface area contributed by atoms with Gasteiger partial charge in [-0.25, -0.2) is 0 Å². The summed E-state index contributed by atoms with van der Waals surface area (Å²) in [5, 5.41) is 2.96. The van der Waals surface area contributed by atoms with E-state index in [1.807, 2.05) is 19.9 Å². The summed E-state index contributed by atoms with van der Waals surface area (Å²) in [6.45, 7) is 5.12. The molecule has 29 heavy (non-hydrogen) atoms. The van der Waals surface area contributed by atoms with Crippen molar-refractivity contribution in [1.82, 2.24) is 9.88 Å². The van der Waals surface area contributed by atoms with Crippen LogP contribution >= 0.6 is 35.4 Å². The zero-order valence-corrected chi connectivity index (χ0v) is 18.4. The van der Waals surface area contributed by atoms with Crippen LogP contribution in [0.3, 0.4) is 0 Å². The Kier molecular flexibility index (Phi) is 6.43. The monoisotopic (exact) mass is 451 g/mol. The molecule has 1 aliphatic heterocycles. The summed E-state index contributed by atoms with van der Waals surface area (Å²) in [4.78, 5) is 26.9. The van der Waals surface area contributed by atoms with Gasteiger partial charge in [-0.1, -0.05) is 29.3 Å². The molecule has 0 atom stereocenters. The molecule has 1 aliphatic rings. The summed E-state index contributed by atoms with van der Waals surface area (Å²) >= 11 is 17.6. The number of halogens is 2. The molecular weight excluding hydrogens is 433 g/mol. The third-order valence-corrected chi connectivity index (χ3v) is 5.80. The lowest BCUT2D eigenvalue weighted by Gasteiger charge is -2.29. The number of aryl methyl sites for hydroxylation is 1. The second-order valence-corrected chi connectivity index (χ2v) is 7.67. The summed E-state index contributed by atoms with van der Waals surface area (Å²) in [6, 6.07) is 6.80. The van der Waals surface area contributed by atoms with Gasteiger partial charge in [0.15, 0.2) is 5.11 Å². The highest BCUT2D eigenvalue weighted by atomic mass is 35.5. The minimum absolute atomic E-state index is 0.0402. The molecule has 152 valence electrons. The highest BCUT2D eigenvalue weighted by molar-refractivity contribution is 7.80. The predicted molar refractivity (Wildman–Crippen MR) is 118 cm³/mol. The van der Waals surface area contributed by atoms with Gasteiger partial charge in [0.25, 0.3) is 11.8 Å². The first-order chi connectivity index (χ1) is 13.8. The van der Waals surface area contributed by atoms with E-state index in [-0.39, 0.29) is 20.7 Å². The van der Waals surface area contributed by atoms with Crippen LogP contribution in [-0.2, 0) is 20.9 Å². The number of rotatable bonds is 5. The van der Waals surface area contributed by atoms with E-state index in [1.54, 1.807) is 31.4 Å². The Morgan fingerprint density at radius 1 is 1.24 bits per heavy atom. The summed E-state index contributed by atoms with van der Waals surface area (Å²) in [5.41, 5.74) is 2.96. The van der Waals surface area contributed by atoms with Gasteiger partial charge in [0.2, 0.25) is 0 Å². The first-order valence-corrected chi connectivity index (χ1v) is 9.93. The first kappa shape index (κ1) is 21.5. The maximum Gasteiger partial charge on any atom is 0.270 e. The number of ether oxygens (including phenoxy) is 1. The molecule has 1 saturated heterocycles. The fourth-order valence-corrected chi connectivity index (χ4v) is 3.85. The summed E-state index contributed by atoms with van der Waals surface area (Å²) < 4.78 is 7.21. The van der Waals surface area contributed by atoms with Crippen LogP contribution in [0.1, 0.15) is 17.0 Å². The normalized spacial score (nSPS) is 16.0. The van der Waals surface area contributed by atoms with Crippen LogP contribution in [-0.4, -0.2) is 35.2 Å². The Balaban J connectivity index is 2.04. The van der Waals surface area contributed by atoms with Crippen molar-refractivity contribution in [3.63, 3.8) is 0 Å². The molecule has 1 fully saturated rings. The van der Waals surface area contributed by atoms with Gasteiger partial charge in [-0.3, -0.25) is 19.8 Å². The third-order valence-electron chi connectivity index (χ3n) is 4.71. The number of nitrogens with zero attached hydrogens (tertiary/aromatic N) is 2. The third kappa shape index (κ3) is 4.09. The molecule has 0 saturated carbocycles. The Morgan fingerprint density at radius 2 is 1.97 bits per heavy atom. The molecule has 9 heteroatoms. The minimum atomic E-state index is -0.565. The predicted octanol–water partition coefficient (Wildman–Crippen LogP) is 3.89. The Bertz CT molecular complexity index is 1050. The van der Waals surface area contributed by atoms with Crippen LogP contribution in [0.15, 0.2) is 29.8 Å². The lowest BCUT2D eigenvalue weighted by Crippen LogP contribution is -2.54. The number of methoxy groups -OCH3 is 1. The van der Waals surface area contributed by atoms with Gasteiger partial charge in [-0.15, -0.1) is 0 Å². The average Bonchev–Trinajstić information content (AvgIpc) is 2.93. The number of amides is 2. The number of benzene rings is 1. The molecule has 1 N–H and O–H groups in total. The van der Waals surface area contributed by atoms with Crippen molar-refractivity contribution in [2.24, 2.45) is 0 Å². The second-order valence-electron chi connectivity index (χ2n) is 6.50. The molecule has 2 amide bonds. The molecule has 2 heterocycles. The number of anilines is 1. The molecule has 6 nitrogen and oxygen atoms in total. The van der Waals surface area contributed by atoms with E-state index in [0.29, 0.717) is 18.8 Å². The quantitative estimate of drug-likeness (QED) is 0.425. The highest BCUT2D eigenvalue weighted by Crippen LogP contribution is 2.34. The fraction of sp³-hybridized carbons (Fsp3) is 0.250. The van der Waals surface area contributed by atoms with Crippen molar-refractivity contribution in [3.8, 4) is 0 Å². The van der Waals surface area contributed by atoms with Crippen molar-refractivity contribution in [3.05, 3.63) is 56.8 Å².